The molecule has 0 atom stereocenters. The van der Waals surface area contributed by atoms with Crippen LogP contribution in [-0.4, -0.2) is 9.97 Å². The molecule has 0 saturated heterocycles. The van der Waals surface area contributed by atoms with Gasteiger partial charge in [-0.2, -0.15) is 0 Å². The maximum Gasteiger partial charge on any atom is 0.227 e. The molecular formula is C31H24N2O. The monoisotopic (exact) mass is 447 g/mol. The summed E-state index contributed by atoms with van der Waals surface area (Å²) in [5.74, 6) is 0. The summed E-state index contributed by atoms with van der Waals surface area (Å²) in [5.41, 5.74) is 3.09. The minimum atomic E-state index is -2.46. The quantitative estimate of drug-likeness (QED) is 0.271. The minimum Gasteiger partial charge on any atom is -0.437 e. The van der Waals surface area contributed by atoms with Gasteiger partial charge in [-0.05, 0) is 60.6 Å². The Morgan fingerprint density at radius 3 is 2.44 bits per heavy atom. The summed E-state index contributed by atoms with van der Waals surface area (Å²) in [6.45, 7) is -2.38. The maximum atomic E-state index is 8.69. The van der Waals surface area contributed by atoms with Gasteiger partial charge in [0.2, 0.25) is 5.71 Å². The number of rotatable bonds is 5. The van der Waals surface area contributed by atoms with Gasteiger partial charge in [0, 0.05) is 43.4 Å². The molecule has 3 heteroatoms. The third-order valence-corrected chi connectivity index (χ3v) is 5.74. The Morgan fingerprint density at radius 2 is 1.62 bits per heavy atom. The van der Waals surface area contributed by atoms with E-state index in [9.17, 15) is 0 Å². The lowest BCUT2D eigenvalue weighted by molar-refractivity contribution is 0.651. The summed E-state index contributed by atoms with van der Waals surface area (Å²) < 4.78 is 65.2. The van der Waals surface area contributed by atoms with Crippen LogP contribution in [0, 0.1) is 6.85 Å². The van der Waals surface area contributed by atoms with E-state index in [1.807, 2.05) is 42.5 Å². The molecule has 0 aliphatic heterocycles. The molecule has 0 unspecified atom stereocenters. The summed E-state index contributed by atoms with van der Waals surface area (Å²) in [5, 5.41) is 1.33. The molecule has 3 nitrogen and oxygen atoms in total. The average molecular weight is 448 g/mol. The van der Waals surface area contributed by atoms with Crippen molar-refractivity contribution in [2.75, 3.05) is 0 Å². The van der Waals surface area contributed by atoms with Crippen LogP contribution in [0.5, 0.6) is 0 Å². The van der Waals surface area contributed by atoms with E-state index >= 15 is 0 Å². The van der Waals surface area contributed by atoms with E-state index in [-0.39, 0.29) is 22.5 Å². The third kappa shape index (κ3) is 3.75. The zero-order valence-corrected chi connectivity index (χ0v) is 18.1. The Morgan fingerprint density at radius 1 is 0.794 bits per heavy atom. The molecule has 0 radical (unpaired) electrons. The van der Waals surface area contributed by atoms with E-state index in [1.165, 1.54) is 6.07 Å². The molecule has 0 spiro atoms. The number of pyridine rings is 2. The molecule has 3 heterocycles. The summed E-state index contributed by atoms with van der Waals surface area (Å²) in [7, 11) is 0. The summed E-state index contributed by atoms with van der Waals surface area (Å²) in [6, 6.07) is 27.6. The Bertz CT molecular complexity index is 1880. The Balaban J connectivity index is 1.48. The van der Waals surface area contributed by atoms with Gasteiger partial charge in [0.15, 0.2) is 0 Å². The number of hydrogen-bond donors (Lipinski definition) is 0. The van der Waals surface area contributed by atoms with Crippen LogP contribution in [0.1, 0.15) is 26.4 Å². The Labute approximate surface area is 208 Å². The first-order valence-corrected chi connectivity index (χ1v) is 10.9. The fourth-order valence-electron chi connectivity index (χ4n) is 4.06. The van der Waals surface area contributed by atoms with Crippen molar-refractivity contribution in [1.82, 2.24) is 9.97 Å². The first-order chi connectivity index (χ1) is 19.5. The van der Waals surface area contributed by atoms with E-state index in [2.05, 4.69) is 9.97 Å². The number of furan rings is 1. The molecule has 0 aliphatic carbocycles. The van der Waals surface area contributed by atoms with Gasteiger partial charge >= 0.3 is 0 Å². The van der Waals surface area contributed by atoms with Gasteiger partial charge in [-0.3, -0.25) is 4.98 Å². The first kappa shape index (κ1) is 14.1. The van der Waals surface area contributed by atoms with E-state index in [4.69, 9.17) is 14.0 Å². The lowest BCUT2D eigenvalue weighted by atomic mass is 10.00. The number of nitrogens with zero attached hydrogens (tertiary/aromatic N) is 2. The zero-order chi connectivity index (χ0) is 29.0. The van der Waals surface area contributed by atoms with Crippen molar-refractivity contribution in [1.29, 1.82) is 0 Å². The largest absolute Gasteiger partial charge is 0.437 e. The van der Waals surface area contributed by atoms with Gasteiger partial charge in [-0.15, -0.1) is 0 Å². The number of aromatic nitrogens is 2. The molecular weight excluding hydrogens is 416 g/mol. The van der Waals surface area contributed by atoms with Crippen LogP contribution in [0.3, 0.4) is 0 Å². The molecule has 6 rings (SSSR count). The van der Waals surface area contributed by atoms with E-state index < -0.39 is 19.6 Å². The van der Waals surface area contributed by atoms with Crippen LogP contribution in [-0.2, 0) is 12.7 Å². The van der Waals surface area contributed by atoms with Gasteiger partial charge in [-0.1, -0.05) is 72.8 Å². The van der Waals surface area contributed by atoms with E-state index in [1.54, 1.807) is 54.7 Å². The van der Waals surface area contributed by atoms with Crippen molar-refractivity contribution < 1.29 is 14.0 Å². The number of fused-ring (bicyclic) bond motifs is 3. The summed E-state index contributed by atoms with van der Waals surface area (Å²) >= 11 is 0. The lowest BCUT2D eigenvalue weighted by Gasteiger charge is -2.08. The Hall–Kier alpha value is -4.24. The van der Waals surface area contributed by atoms with Gasteiger partial charge in [0.25, 0.3) is 0 Å². The van der Waals surface area contributed by atoms with Gasteiger partial charge in [0.05, 0.1) is 5.69 Å². The Kier molecular flexibility index (Phi) is 3.57. The van der Waals surface area contributed by atoms with Crippen LogP contribution in [0.2, 0.25) is 0 Å². The molecule has 0 saturated carbocycles. The SMILES string of the molecule is [2H]C([2H])([2H])c1cc(-c2cccc3c2oc2nc(C([2H])([2H])C([2H])([2H])c4ccccc4)ccc23)ncc1-c1ccccc1. The highest BCUT2D eigenvalue weighted by molar-refractivity contribution is 6.08. The van der Waals surface area contributed by atoms with E-state index in [0.29, 0.717) is 33.2 Å². The molecule has 3 aromatic heterocycles. The lowest BCUT2D eigenvalue weighted by Crippen LogP contribution is -1.93. The number of aryl methyl sites for hydroxylation is 3. The topological polar surface area (TPSA) is 38.9 Å². The number of benzene rings is 3. The van der Waals surface area contributed by atoms with Crippen molar-refractivity contribution >= 4 is 22.1 Å². The van der Waals surface area contributed by atoms with Crippen LogP contribution < -0.4 is 0 Å². The van der Waals surface area contributed by atoms with Crippen molar-refractivity contribution in [2.45, 2.75) is 19.6 Å². The molecule has 0 bridgehead atoms. The van der Waals surface area contributed by atoms with Gasteiger partial charge in [-0.25, -0.2) is 4.98 Å². The highest BCUT2D eigenvalue weighted by Gasteiger charge is 2.15. The zero-order valence-electron chi connectivity index (χ0n) is 25.1. The van der Waals surface area contributed by atoms with Gasteiger partial charge < -0.3 is 4.42 Å². The fourth-order valence-corrected chi connectivity index (χ4v) is 4.06. The average Bonchev–Trinajstić information content (AvgIpc) is 3.35. The van der Waals surface area contributed by atoms with Crippen molar-refractivity contribution in [2.24, 2.45) is 0 Å². The number of para-hydroxylation sites is 1. The predicted octanol–water partition coefficient (Wildman–Crippen LogP) is 7.80. The molecule has 0 fully saturated rings. The van der Waals surface area contributed by atoms with Crippen molar-refractivity contribution in [3.8, 4) is 22.4 Å². The van der Waals surface area contributed by atoms with Crippen LogP contribution in [0.25, 0.3) is 44.5 Å². The smallest absolute Gasteiger partial charge is 0.227 e. The molecule has 0 amide bonds. The predicted molar refractivity (Wildman–Crippen MR) is 139 cm³/mol. The highest BCUT2D eigenvalue weighted by Crippen LogP contribution is 2.35. The van der Waals surface area contributed by atoms with E-state index in [0.717, 1.165) is 5.56 Å². The first-order valence-electron chi connectivity index (χ1n) is 14.4. The van der Waals surface area contributed by atoms with Crippen molar-refractivity contribution in [3.05, 3.63) is 120 Å². The van der Waals surface area contributed by atoms with Crippen LogP contribution >= 0.6 is 0 Å². The molecule has 164 valence electrons. The molecule has 3 aromatic carbocycles. The normalized spacial score (nSPS) is 15.6. The second kappa shape index (κ2) is 8.60. The van der Waals surface area contributed by atoms with Crippen LogP contribution in [0.4, 0.5) is 0 Å². The molecule has 34 heavy (non-hydrogen) atoms. The summed E-state index contributed by atoms with van der Waals surface area (Å²) in [4.78, 5) is 9.03. The standard InChI is InChI=1S/C31H24N2O/c1-21-19-29(32-20-28(21)23-11-6-3-7-12-23)27-14-8-13-25-26-18-17-24(33-31(26)34-30(25)27)16-15-22-9-4-2-5-10-22/h2-14,17-20H,15-16H2,1H3/i1D3,15D2,16D2. The summed E-state index contributed by atoms with van der Waals surface area (Å²) in [6.07, 6.45) is -3.26. The second-order valence-electron chi connectivity index (χ2n) is 7.93. The molecule has 0 N–H and O–H groups in total. The fraction of sp³-hybridized carbons (Fsp3) is 0.0968. The van der Waals surface area contributed by atoms with Crippen LogP contribution in [0.15, 0.2) is 108 Å². The second-order valence-corrected chi connectivity index (χ2v) is 7.93. The minimum absolute atomic E-state index is 0.102. The molecule has 6 aromatic rings. The third-order valence-electron chi connectivity index (χ3n) is 5.74. The van der Waals surface area contributed by atoms with Gasteiger partial charge in [0.1, 0.15) is 5.58 Å². The molecule has 0 aliphatic rings. The maximum absolute atomic E-state index is 8.69. The highest BCUT2D eigenvalue weighted by atomic mass is 16.3. The van der Waals surface area contributed by atoms with Crippen molar-refractivity contribution in [3.63, 3.8) is 0 Å². The number of hydrogen-bond acceptors (Lipinski definition) is 3.